The fourth-order valence-electron chi connectivity index (χ4n) is 1.83. The summed E-state index contributed by atoms with van der Waals surface area (Å²) < 4.78 is 5.33. The Hall–Kier alpha value is -1.85. The summed E-state index contributed by atoms with van der Waals surface area (Å²) >= 11 is 7.47. The molecule has 1 aromatic carbocycles. The van der Waals surface area contributed by atoms with E-state index in [0.29, 0.717) is 10.8 Å². The zero-order chi connectivity index (χ0) is 16.5. The van der Waals surface area contributed by atoms with Crippen molar-refractivity contribution in [1.82, 2.24) is 5.43 Å². The van der Waals surface area contributed by atoms with Gasteiger partial charge in [0.25, 0.3) is 5.91 Å². The van der Waals surface area contributed by atoms with Gasteiger partial charge in [-0.05, 0) is 49.2 Å². The molecule has 1 heterocycles. The first kappa shape index (κ1) is 17.5. The van der Waals surface area contributed by atoms with Gasteiger partial charge < -0.3 is 4.74 Å². The summed E-state index contributed by atoms with van der Waals surface area (Å²) in [5.41, 5.74) is 2.45. The van der Waals surface area contributed by atoms with E-state index in [-0.39, 0.29) is 12.5 Å². The molecule has 2 aromatic rings. The summed E-state index contributed by atoms with van der Waals surface area (Å²) in [6.07, 6.45) is 5.12. The first-order valence-corrected chi connectivity index (χ1v) is 8.66. The van der Waals surface area contributed by atoms with E-state index in [2.05, 4.69) is 23.5 Å². The molecule has 0 bridgehead atoms. The van der Waals surface area contributed by atoms with Crippen LogP contribution < -0.4 is 10.2 Å². The zero-order valence-corrected chi connectivity index (χ0v) is 14.5. The van der Waals surface area contributed by atoms with E-state index in [1.807, 2.05) is 6.07 Å². The van der Waals surface area contributed by atoms with Gasteiger partial charge in [0, 0.05) is 14.8 Å². The maximum atomic E-state index is 11.6. The van der Waals surface area contributed by atoms with Gasteiger partial charge in [-0.3, -0.25) is 4.79 Å². The van der Waals surface area contributed by atoms with E-state index in [9.17, 15) is 4.79 Å². The molecule has 1 amide bonds. The lowest BCUT2D eigenvalue weighted by atomic mass is 10.2. The van der Waals surface area contributed by atoms with Crippen LogP contribution in [0.1, 0.15) is 29.5 Å². The second-order valence-corrected chi connectivity index (χ2v) is 6.58. The first-order valence-electron chi connectivity index (χ1n) is 7.46. The molecule has 122 valence electrons. The summed E-state index contributed by atoms with van der Waals surface area (Å²) in [5, 5.41) is 4.57. The van der Waals surface area contributed by atoms with E-state index in [1.165, 1.54) is 17.7 Å². The van der Waals surface area contributed by atoms with Crippen LogP contribution in [-0.2, 0) is 11.2 Å². The molecule has 23 heavy (non-hydrogen) atoms. The molecule has 0 saturated heterocycles. The van der Waals surface area contributed by atoms with Gasteiger partial charge in [-0.1, -0.05) is 24.9 Å². The van der Waals surface area contributed by atoms with Crippen molar-refractivity contribution in [3.05, 3.63) is 51.2 Å². The molecule has 0 aliphatic carbocycles. The van der Waals surface area contributed by atoms with Gasteiger partial charge in [-0.25, -0.2) is 5.43 Å². The minimum atomic E-state index is -0.307. The van der Waals surface area contributed by atoms with Crippen LogP contribution in [0.25, 0.3) is 0 Å². The van der Waals surface area contributed by atoms with Gasteiger partial charge in [-0.15, -0.1) is 11.3 Å². The van der Waals surface area contributed by atoms with Crippen molar-refractivity contribution in [3.63, 3.8) is 0 Å². The van der Waals surface area contributed by atoms with E-state index >= 15 is 0 Å². The Morgan fingerprint density at radius 1 is 1.30 bits per heavy atom. The lowest BCUT2D eigenvalue weighted by molar-refractivity contribution is -0.123. The molecule has 0 atom stereocenters. The number of halogens is 1. The molecule has 1 N–H and O–H groups in total. The number of carbonyl (C=O) groups excluding carboxylic acids is 1. The average molecular weight is 351 g/mol. The Bertz CT molecular complexity index is 653. The Morgan fingerprint density at radius 3 is 2.83 bits per heavy atom. The van der Waals surface area contributed by atoms with Gasteiger partial charge in [0.1, 0.15) is 5.75 Å². The Labute approximate surface area is 145 Å². The van der Waals surface area contributed by atoms with Crippen molar-refractivity contribution in [3.8, 4) is 5.75 Å². The van der Waals surface area contributed by atoms with Crippen molar-refractivity contribution < 1.29 is 9.53 Å². The van der Waals surface area contributed by atoms with Gasteiger partial charge in [0.15, 0.2) is 6.61 Å². The number of thiophene rings is 1. The topological polar surface area (TPSA) is 50.7 Å². The highest BCUT2D eigenvalue weighted by molar-refractivity contribution is 7.13. The molecule has 0 aliphatic rings. The highest BCUT2D eigenvalue weighted by Gasteiger charge is 2.02. The molecule has 2 rings (SSSR count). The predicted molar refractivity (Wildman–Crippen MR) is 95.6 cm³/mol. The normalized spacial score (nSPS) is 10.9. The van der Waals surface area contributed by atoms with Gasteiger partial charge >= 0.3 is 0 Å². The summed E-state index contributed by atoms with van der Waals surface area (Å²) in [5.74, 6) is 0.284. The Kier molecular flexibility index (Phi) is 7.10. The predicted octanol–water partition coefficient (Wildman–Crippen LogP) is 4.27. The smallest absolute Gasteiger partial charge is 0.277 e. The summed E-state index contributed by atoms with van der Waals surface area (Å²) in [6, 6.07) is 11.0. The van der Waals surface area contributed by atoms with E-state index in [1.54, 1.807) is 41.8 Å². The number of hydrogen-bond acceptors (Lipinski definition) is 4. The molecule has 0 fully saturated rings. The Balaban J connectivity index is 1.73. The summed E-state index contributed by atoms with van der Waals surface area (Å²) in [4.78, 5) is 14.0. The van der Waals surface area contributed by atoms with Crippen molar-refractivity contribution in [1.29, 1.82) is 0 Å². The molecule has 6 heteroatoms. The third-order valence-electron chi connectivity index (χ3n) is 3.02. The summed E-state index contributed by atoms with van der Waals surface area (Å²) in [7, 11) is 0. The number of carbonyl (C=O) groups is 1. The summed E-state index contributed by atoms with van der Waals surface area (Å²) in [6.45, 7) is 2.09. The molecule has 0 spiro atoms. The Morgan fingerprint density at radius 2 is 2.09 bits per heavy atom. The van der Waals surface area contributed by atoms with Crippen molar-refractivity contribution in [2.24, 2.45) is 5.10 Å². The largest absolute Gasteiger partial charge is 0.484 e. The lowest BCUT2D eigenvalue weighted by Gasteiger charge is -2.04. The quantitative estimate of drug-likeness (QED) is 0.571. The number of ether oxygens (including phenoxy) is 1. The van der Waals surface area contributed by atoms with E-state index < -0.39 is 0 Å². The first-order chi connectivity index (χ1) is 11.2. The highest BCUT2D eigenvalue weighted by atomic mass is 35.5. The monoisotopic (exact) mass is 350 g/mol. The van der Waals surface area contributed by atoms with Crippen LogP contribution in [0.2, 0.25) is 5.02 Å². The number of nitrogens with one attached hydrogen (secondary N) is 1. The van der Waals surface area contributed by atoms with Crippen LogP contribution in [0.15, 0.2) is 41.5 Å². The van der Waals surface area contributed by atoms with Gasteiger partial charge in [0.2, 0.25) is 0 Å². The number of nitrogens with zero attached hydrogens (tertiary/aromatic N) is 1. The van der Waals surface area contributed by atoms with Crippen LogP contribution in [-0.4, -0.2) is 18.7 Å². The molecule has 1 aromatic heterocycles. The van der Waals surface area contributed by atoms with Crippen LogP contribution in [0, 0.1) is 0 Å². The standard InChI is InChI=1S/C17H19ClN2O2S/c1-2-3-4-15-9-10-16(23-15)11-19-20-17(21)12-22-14-7-5-13(18)6-8-14/h5-11H,2-4,12H2,1H3,(H,20,21)/b19-11-. The van der Waals surface area contributed by atoms with Crippen molar-refractivity contribution in [2.45, 2.75) is 26.2 Å². The maximum Gasteiger partial charge on any atom is 0.277 e. The second kappa shape index (κ2) is 9.33. The van der Waals surface area contributed by atoms with Crippen LogP contribution in [0.5, 0.6) is 5.75 Å². The number of hydrogen-bond donors (Lipinski definition) is 1. The number of aryl methyl sites for hydroxylation is 1. The molecule has 0 unspecified atom stereocenters. The molecule has 0 aliphatic heterocycles. The molecule has 4 nitrogen and oxygen atoms in total. The number of unbranched alkanes of at least 4 members (excludes halogenated alkanes) is 1. The highest BCUT2D eigenvalue weighted by Crippen LogP contribution is 2.17. The fraction of sp³-hybridized carbons (Fsp3) is 0.294. The van der Waals surface area contributed by atoms with Crippen molar-refractivity contribution in [2.75, 3.05) is 6.61 Å². The van der Waals surface area contributed by atoms with E-state index in [4.69, 9.17) is 16.3 Å². The van der Waals surface area contributed by atoms with E-state index in [0.717, 1.165) is 11.3 Å². The minimum Gasteiger partial charge on any atom is -0.484 e. The average Bonchev–Trinajstić information content (AvgIpc) is 3.00. The number of benzene rings is 1. The number of hydrazone groups is 1. The fourth-order valence-corrected chi connectivity index (χ4v) is 2.88. The SMILES string of the molecule is CCCCc1ccc(/C=N\NC(=O)COc2ccc(Cl)cc2)s1. The molecule has 0 saturated carbocycles. The zero-order valence-electron chi connectivity index (χ0n) is 12.9. The second-order valence-electron chi connectivity index (χ2n) is 4.94. The third kappa shape index (κ3) is 6.42. The van der Waals surface area contributed by atoms with Crippen LogP contribution in [0.3, 0.4) is 0 Å². The third-order valence-corrected chi connectivity index (χ3v) is 4.36. The maximum absolute atomic E-state index is 11.6. The van der Waals surface area contributed by atoms with Crippen molar-refractivity contribution >= 4 is 35.1 Å². The van der Waals surface area contributed by atoms with Gasteiger partial charge in [-0.2, -0.15) is 5.10 Å². The van der Waals surface area contributed by atoms with Crippen LogP contribution in [0.4, 0.5) is 0 Å². The lowest BCUT2D eigenvalue weighted by Crippen LogP contribution is -2.24. The number of amides is 1. The number of rotatable bonds is 8. The molecule has 0 radical (unpaired) electrons. The minimum absolute atomic E-state index is 0.0921. The molecular formula is C17H19ClN2O2S. The molecular weight excluding hydrogens is 332 g/mol. The van der Waals surface area contributed by atoms with Gasteiger partial charge in [0.05, 0.1) is 6.21 Å². The van der Waals surface area contributed by atoms with Crippen LogP contribution >= 0.6 is 22.9 Å².